The molecule has 1 amide bonds. The Morgan fingerprint density at radius 3 is 2.92 bits per heavy atom. The van der Waals surface area contributed by atoms with Crippen LogP contribution in [0.15, 0.2) is 35.3 Å². The first-order valence-corrected chi connectivity index (χ1v) is 9.36. The number of methoxy groups -OCH3 is 1. The first-order chi connectivity index (χ1) is 12.6. The van der Waals surface area contributed by atoms with E-state index in [0.717, 1.165) is 31.4 Å². The second-order valence-electron chi connectivity index (χ2n) is 6.34. The van der Waals surface area contributed by atoms with E-state index in [0.29, 0.717) is 16.4 Å². The number of hydrogen-bond donors (Lipinski definition) is 0. The summed E-state index contributed by atoms with van der Waals surface area (Å²) in [7, 11) is 3.22. The monoisotopic (exact) mass is 369 g/mol. The molecule has 0 atom stereocenters. The van der Waals surface area contributed by atoms with Crippen molar-refractivity contribution >= 4 is 27.9 Å². The molecule has 0 saturated carbocycles. The molecule has 1 aliphatic carbocycles. The van der Waals surface area contributed by atoms with Crippen LogP contribution >= 0.6 is 11.3 Å². The SMILES string of the molecule is COc1cccc(N(C)C(=O)c2cnc3sc4c(n3c2=O)CCCC4)c1. The average Bonchev–Trinajstić information content (AvgIpc) is 3.06. The smallest absolute Gasteiger partial charge is 0.271 e. The third-order valence-corrected chi connectivity index (χ3v) is 5.93. The Balaban J connectivity index is 1.77. The molecule has 0 N–H and O–H groups in total. The number of fused-ring (bicyclic) bond motifs is 3. The number of aromatic nitrogens is 2. The van der Waals surface area contributed by atoms with Crippen molar-refractivity contribution in [1.82, 2.24) is 9.38 Å². The maximum Gasteiger partial charge on any atom is 0.271 e. The van der Waals surface area contributed by atoms with E-state index in [1.54, 1.807) is 42.0 Å². The van der Waals surface area contributed by atoms with Gasteiger partial charge in [-0.2, -0.15) is 0 Å². The van der Waals surface area contributed by atoms with Gasteiger partial charge in [0.25, 0.3) is 11.5 Å². The van der Waals surface area contributed by atoms with E-state index < -0.39 is 0 Å². The van der Waals surface area contributed by atoms with Gasteiger partial charge in [-0.3, -0.25) is 14.0 Å². The van der Waals surface area contributed by atoms with Gasteiger partial charge in [-0.25, -0.2) is 4.98 Å². The first-order valence-electron chi connectivity index (χ1n) is 8.54. The Bertz CT molecular complexity index is 1050. The second kappa shape index (κ2) is 6.57. The molecule has 0 aliphatic heterocycles. The fourth-order valence-electron chi connectivity index (χ4n) is 3.33. The van der Waals surface area contributed by atoms with E-state index in [1.165, 1.54) is 16.0 Å². The normalized spacial score (nSPS) is 13.5. The Morgan fingerprint density at radius 2 is 2.12 bits per heavy atom. The summed E-state index contributed by atoms with van der Waals surface area (Å²) in [6, 6.07) is 7.17. The minimum atomic E-state index is -0.374. The number of nitrogens with zero attached hydrogens (tertiary/aromatic N) is 3. The zero-order valence-corrected chi connectivity index (χ0v) is 15.5. The van der Waals surface area contributed by atoms with Crippen LogP contribution in [0, 0.1) is 0 Å². The van der Waals surface area contributed by atoms with Gasteiger partial charge >= 0.3 is 0 Å². The lowest BCUT2D eigenvalue weighted by Gasteiger charge is -2.18. The molecule has 1 aliphatic rings. The molecular formula is C19H19N3O3S. The summed E-state index contributed by atoms with van der Waals surface area (Å²) in [5.74, 6) is 0.278. The lowest BCUT2D eigenvalue weighted by atomic mass is 10.0. The van der Waals surface area contributed by atoms with Gasteiger partial charge in [0.15, 0.2) is 4.96 Å². The Hall–Kier alpha value is -2.67. The van der Waals surface area contributed by atoms with Crippen LogP contribution in [0.3, 0.4) is 0 Å². The van der Waals surface area contributed by atoms with E-state index in [1.807, 2.05) is 12.1 Å². The molecule has 0 fully saturated rings. The van der Waals surface area contributed by atoms with E-state index in [-0.39, 0.29) is 17.0 Å². The molecule has 0 radical (unpaired) electrons. The van der Waals surface area contributed by atoms with Crippen molar-refractivity contribution in [2.24, 2.45) is 0 Å². The molecule has 6 nitrogen and oxygen atoms in total. The number of benzene rings is 1. The van der Waals surface area contributed by atoms with Crippen LogP contribution in [-0.2, 0) is 12.8 Å². The summed E-state index contributed by atoms with van der Waals surface area (Å²) in [4.78, 5) is 33.7. The summed E-state index contributed by atoms with van der Waals surface area (Å²) in [5.41, 5.74) is 1.48. The number of amides is 1. The van der Waals surface area contributed by atoms with E-state index >= 15 is 0 Å². The molecule has 2 aromatic heterocycles. The molecule has 26 heavy (non-hydrogen) atoms. The lowest BCUT2D eigenvalue weighted by Crippen LogP contribution is -2.33. The van der Waals surface area contributed by atoms with Crippen molar-refractivity contribution in [3.05, 3.63) is 57.0 Å². The molecule has 3 aromatic rings. The topological polar surface area (TPSA) is 63.9 Å². The Kier molecular flexibility index (Phi) is 4.24. The van der Waals surface area contributed by atoms with Crippen LogP contribution in [0.2, 0.25) is 0 Å². The molecule has 0 spiro atoms. The van der Waals surface area contributed by atoms with Crippen LogP contribution < -0.4 is 15.2 Å². The average molecular weight is 369 g/mol. The molecule has 4 rings (SSSR count). The van der Waals surface area contributed by atoms with Crippen molar-refractivity contribution in [2.75, 3.05) is 19.1 Å². The van der Waals surface area contributed by atoms with Gasteiger partial charge in [-0.05, 0) is 37.8 Å². The van der Waals surface area contributed by atoms with Crippen LogP contribution in [0.1, 0.15) is 33.8 Å². The van der Waals surface area contributed by atoms with Crippen molar-refractivity contribution in [1.29, 1.82) is 0 Å². The van der Waals surface area contributed by atoms with Crippen LogP contribution in [0.4, 0.5) is 5.69 Å². The molecule has 134 valence electrons. The number of carbonyl (C=O) groups excluding carboxylic acids is 1. The van der Waals surface area contributed by atoms with Crippen LogP contribution in [0.25, 0.3) is 4.96 Å². The number of hydrogen-bond acceptors (Lipinski definition) is 5. The standard InChI is InChI=1S/C19H19N3O3S/c1-21(12-6-5-7-13(10-12)25-2)17(23)14-11-20-19-22(18(14)24)15-8-3-4-9-16(15)26-19/h5-7,10-11H,3-4,8-9H2,1-2H3. The highest BCUT2D eigenvalue weighted by Gasteiger charge is 2.23. The minimum Gasteiger partial charge on any atom is -0.497 e. The fraction of sp³-hybridized carbons (Fsp3) is 0.316. The zero-order chi connectivity index (χ0) is 18.3. The van der Waals surface area contributed by atoms with E-state index in [2.05, 4.69) is 4.98 Å². The van der Waals surface area contributed by atoms with Crippen molar-refractivity contribution in [3.8, 4) is 5.75 Å². The predicted molar refractivity (Wildman–Crippen MR) is 102 cm³/mol. The number of thiazole rings is 1. The van der Waals surface area contributed by atoms with Gasteiger partial charge in [-0.1, -0.05) is 6.07 Å². The van der Waals surface area contributed by atoms with Crippen molar-refractivity contribution in [2.45, 2.75) is 25.7 Å². The highest BCUT2D eigenvalue weighted by atomic mass is 32.1. The largest absolute Gasteiger partial charge is 0.497 e. The highest BCUT2D eigenvalue weighted by Crippen LogP contribution is 2.28. The van der Waals surface area contributed by atoms with Crippen LogP contribution in [-0.4, -0.2) is 29.4 Å². The molecule has 7 heteroatoms. The number of anilines is 1. The first kappa shape index (κ1) is 16.8. The van der Waals surface area contributed by atoms with Gasteiger partial charge in [0, 0.05) is 35.6 Å². The van der Waals surface area contributed by atoms with E-state index in [9.17, 15) is 9.59 Å². The van der Waals surface area contributed by atoms with Crippen LogP contribution in [0.5, 0.6) is 5.75 Å². The summed E-state index contributed by atoms with van der Waals surface area (Å²) in [6.07, 6.45) is 5.45. The third-order valence-electron chi connectivity index (χ3n) is 4.78. The molecular weight excluding hydrogens is 350 g/mol. The summed E-state index contributed by atoms with van der Waals surface area (Å²) in [5, 5.41) is 0. The zero-order valence-electron chi connectivity index (χ0n) is 14.7. The number of aryl methyl sites for hydroxylation is 2. The number of rotatable bonds is 3. The van der Waals surface area contributed by atoms with Crippen molar-refractivity contribution < 1.29 is 9.53 Å². The molecule has 0 bridgehead atoms. The summed E-state index contributed by atoms with van der Waals surface area (Å²) in [6.45, 7) is 0. The molecule has 0 saturated heterocycles. The van der Waals surface area contributed by atoms with Gasteiger partial charge in [0.05, 0.1) is 7.11 Å². The Labute approximate surface area is 154 Å². The summed E-state index contributed by atoms with van der Waals surface area (Å²) < 4.78 is 6.84. The number of carbonyl (C=O) groups is 1. The number of ether oxygens (including phenoxy) is 1. The lowest BCUT2D eigenvalue weighted by molar-refractivity contribution is 0.0991. The quantitative estimate of drug-likeness (QED) is 0.712. The molecule has 2 heterocycles. The van der Waals surface area contributed by atoms with E-state index in [4.69, 9.17) is 4.74 Å². The van der Waals surface area contributed by atoms with Crippen molar-refractivity contribution in [3.63, 3.8) is 0 Å². The maximum atomic E-state index is 13.0. The van der Waals surface area contributed by atoms with Gasteiger partial charge in [0.1, 0.15) is 11.3 Å². The summed E-state index contributed by atoms with van der Waals surface area (Å²) >= 11 is 1.55. The maximum absolute atomic E-state index is 13.0. The van der Waals surface area contributed by atoms with Gasteiger partial charge in [-0.15, -0.1) is 11.3 Å². The Morgan fingerprint density at radius 1 is 1.31 bits per heavy atom. The minimum absolute atomic E-state index is 0.0824. The third kappa shape index (κ3) is 2.68. The predicted octanol–water partition coefficient (Wildman–Crippen LogP) is 2.92. The molecule has 0 unspecified atom stereocenters. The fourth-order valence-corrected chi connectivity index (χ4v) is 4.50. The highest BCUT2D eigenvalue weighted by molar-refractivity contribution is 7.17. The van der Waals surface area contributed by atoms with Gasteiger partial charge < -0.3 is 9.64 Å². The molecule has 1 aromatic carbocycles. The van der Waals surface area contributed by atoms with Gasteiger partial charge in [0.2, 0.25) is 0 Å². The second-order valence-corrected chi connectivity index (χ2v) is 7.40.